The molecule has 0 aromatic rings. The number of unbranched alkanes of at least 4 members (excludes halogenated alkanes) is 29. The van der Waals surface area contributed by atoms with Crippen molar-refractivity contribution in [2.75, 3.05) is 6.61 Å². The first kappa shape index (κ1) is 42.4. The normalized spacial score (nSPS) is 12.9. The average molecular weight is 610 g/mol. The van der Waals surface area contributed by atoms with Gasteiger partial charge in [-0.05, 0) is 12.8 Å². The standard InChI is InChI=1S/C39H79NO3/c1-3-5-7-9-10-11-12-13-14-15-16-17-18-19-20-21-22-23-24-25-26-27-28-29-30-31-32-34-38(42)37(36-41)40-39(43)35-33-8-6-4-2/h37-38,41-42H,3-36H2,1-2H3,(H,40,43). The van der Waals surface area contributed by atoms with Gasteiger partial charge in [-0.3, -0.25) is 4.79 Å². The molecule has 2 atom stereocenters. The Morgan fingerprint density at radius 2 is 0.744 bits per heavy atom. The van der Waals surface area contributed by atoms with Crippen LogP contribution in [0, 0.1) is 0 Å². The second-order valence-corrected chi connectivity index (χ2v) is 13.7. The van der Waals surface area contributed by atoms with E-state index < -0.39 is 12.1 Å². The van der Waals surface area contributed by atoms with Crippen LogP contribution in [0.15, 0.2) is 0 Å². The van der Waals surface area contributed by atoms with Gasteiger partial charge in [0.05, 0.1) is 18.8 Å². The average Bonchev–Trinajstić information content (AvgIpc) is 3.01. The molecule has 0 aliphatic heterocycles. The smallest absolute Gasteiger partial charge is 0.220 e. The van der Waals surface area contributed by atoms with Crippen molar-refractivity contribution < 1.29 is 15.0 Å². The maximum Gasteiger partial charge on any atom is 0.220 e. The molecule has 0 aliphatic carbocycles. The summed E-state index contributed by atoms with van der Waals surface area (Å²) in [4.78, 5) is 12.0. The van der Waals surface area contributed by atoms with Gasteiger partial charge in [-0.15, -0.1) is 0 Å². The molecular weight excluding hydrogens is 530 g/mol. The maximum absolute atomic E-state index is 12.0. The van der Waals surface area contributed by atoms with Crippen LogP contribution in [-0.2, 0) is 4.79 Å². The summed E-state index contributed by atoms with van der Waals surface area (Å²) < 4.78 is 0. The highest BCUT2D eigenvalue weighted by atomic mass is 16.3. The third-order valence-electron chi connectivity index (χ3n) is 9.37. The van der Waals surface area contributed by atoms with Crippen molar-refractivity contribution in [3.63, 3.8) is 0 Å². The zero-order chi connectivity index (χ0) is 31.5. The van der Waals surface area contributed by atoms with E-state index in [1.807, 2.05) is 0 Å². The van der Waals surface area contributed by atoms with E-state index in [9.17, 15) is 15.0 Å². The fourth-order valence-corrected chi connectivity index (χ4v) is 6.30. The number of rotatable bonds is 36. The summed E-state index contributed by atoms with van der Waals surface area (Å²) in [5.41, 5.74) is 0. The van der Waals surface area contributed by atoms with Gasteiger partial charge in [0.25, 0.3) is 0 Å². The van der Waals surface area contributed by atoms with Gasteiger partial charge in [0.1, 0.15) is 0 Å². The molecule has 0 saturated heterocycles. The van der Waals surface area contributed by atoms with Crippen molar-refractivity contribution in [3.05, 3.63) is 0 Å². The van der Waals surface area contributed by atoms with E-state index in [1.165, 1.54) is 161 Å². The van der Waals surface area contributed by atoms with Gasteiger partial charge in [0, 0.05) is 6.42 Å². The van der Waals surface area contributed by atoms with Crippen molar-refractivity contribution in [3.8, 4) is 0 Å². The number of nitrogens with one attached hydrogen (secondary N) is 1. The van der Waals surface area contributed by atoms with Crippen LogP contribution < -0.4 is 5.32 Å². The Hall–Kier alpha value is -0.610. The fourth-order valence-electron chi connectivity index (χ4n) is 6.30. The summed E-state index contributed by atoms with van der Waals surface area (Å²) in [6, 6.07) is -0.525. The molecule has 4 heteroatoms. The molecule has 2 unspecified atom stereocenters. The molecule has 0 bridgehead atoms. The zero-order valence-electron chi connectivity index (χ0n) is 29.5. The molecule has 0 heterocycles. The highest BCUT2D eigenvalue weighted by Gasteiger charge is 2.19. The van der Waals surface area contributed by atoms with E-state index in [-0.39, 0.29) is 12.5 Å². The lowest BCUT2D eigenvalue weighted by Crippen LogP contribution is -2.45. The molecular formula is C39H79NO3. The SMILES string of the molecule is CCCCCCCCCCCCCCCCCCCCCCCCCCCCCC(O)C(CO)NC(=O)CCCCCC. The van der Waals surface area contributed by atoms with E-state index in [0.29, 0.717) is 12.8 Å². The molecule has 0 spiro atoms. The molecule has 0 fully saturated rings. The first-order valence-electron chi connectivity index (χ1n) is 19.7. The van der Waals surface area contributed by atoms with Crippen molar-refractivity contribution in [2.45, 2.75) is 238 Å². The summed E-state index contributed by atoms with van der Waals surface area (Å²) >= 11 is 0. The van der Waals surface area contributed by atoms with Gasteiger partial charge < -0.3 is 15.5 Å². The van der Waals surface area contributed by atoms with Crippen LogP contribution in [0.25, 0.3) is 0 Å². The van der Waals surface area contributed by atoms with Crippen molar-refractivity contribution in [1.82, 2.24) is 5.32 Å². The van der Waals surface area contributed by atoms with Gasteiger partial charge in [-0.2, -0.15) is 0 Å². The molecule has 0 aromatic heterocycles. The maximum atomic E-state index is 12.0. The summed E-state index contributed by atoms with van der Waals surface area (Å²) in [6.07, 6.45) is 42.3. The second-order valence-electron chi connectivity index (χ2n) is 13.7. The fraction of sp³-hybridized carbons (Fsp3) is 0.974. The second kappa shape index (κ2) is 35.9. The lowest BCUT2D eigenvalue weighted by molar-refractivity contribution is -0.123. The predicted octanol–water partition coefficient (Wildman–Crippen LogP) is 11.7. The van der Waals surface area contributed by atoms with Crippen LogP contribution in [0.1, 0.15) is 226 Å². The van der Waals surface area contributed by atoms with Gasteiger partial charge >= 0.3 is 0 Å². The third-order valence-corrected chi connectivity index (χ3v) is 9.37. The van der Waals surface area contributed by atoms with Gasteiger partial charge in [0.2, 0.25) is 5.91 Å². The van der Waals surface area contributed by atoms with Crippen LogP contribution in [0.3, 0.4) is 0 Å². The highest BCUT2D eigenvalue weighted by Crippen LogP contribution is 2.17. The minimum Gasteiger partial charge on any atom is -0.394 e. The number of amides is 1. The van der Waals surface area contributed by atoms with E-state index in [1.54, 1.807) is 0 Å². The molecule has 0 saturated carbocycles. The molecule has 258 valence electrons. The number of hydrogen-bond acceptors (Lipinski definition) is 3. The lowest BCUT2D eigenvalue weighted by Gasteiger charge is -2.22. The molecule has 0 aliphatic rings. The van der Waals surface area contributed by atoms with E-state index in [2.05, 4.69) is 19.2 Å². The van der Waals surface area contributed by atoms with Crippen molar-refractivity contribution in [1.29, 1.82) is 0 Å². The van der Waals surface area contributed by atoms with E-state index in [0.717, 1.165) is 38.5 Å². The Labute approximate surface area is 270 Å². The Morgan fingerprint density at radius 1 is 0.465 bits per heavy atom. The van der Waals surface area contributed by atoms with Crippen molar-refractivity contribution in [2.24, 2.45) is 0 Å². The minimum absolute atomic E-state index is 0.0468. The zero-order valence-corrected chi connectivity index (χ0v) is 29.5. The molecule has 4 nitrogen and oxygen atoms in total. The van der Waals surface area contributed by atoms with Gasteiger partial charge in [-0.1, -0.05) is 206 Å². The summed E-state index contributed by atoms with van der Waals surface area (Å²) in [5, 5.41) is 22.8. The molecule has 43 heavy (non-hydrogen) atoms. The molecule has 1 amide bonds. The number of aliphatic hydroxyl groups excluding tert-OH is 2. The topological polar surface area (TPSA) is 69.6 Å². The number of carbonyl (C=O) groups is 1. The Kier molecular flexibility index (Phi) is 35.4. The summed E-state index contributed by atoms with van der Waals surface area (Å²) in [7, 11) is 0. The summed E-state index contributed by atoms with van der Waals surface area (Å²) in [5.74, 6) is -0.0468. The Bertz CT molecular complexity index is 541. The van der Waals surface area contributed by atoms with Crippen LogP contribution in [0.2, 0.25) is 0 Å². The predicted molar refractivity (Wildman–Crippen MR) is 189 cm³/mol. The molecule has 0 aromatic carbocycles. The van der Waals surface area contributed by atoms with E-state index >= 15 is 0 Å². The monoisotopic (exact) mass is 610 g/mol. The first-order chi connectivity index (χ1) is 21.2. The number of carbonyl (C=O) groups excluding carboxylic acids is 1. The largest absolute Gasteiger partial charge is 0.394 e. The number of aliphatic hydroxyl groups is 2. The van der Waals surface area contributed by atoms with Crippen LogP contribution in [-0.4, -0.2) is 34.9 Å². The third kappa shape index (κ3) is 32.6. The van der Waals surface area contributed by atoms with E-state index in [4.69, 9.17) is 0 Å². The lowest BCUT2D eigenvalue weighted by atomic mass is 10.0. The van der Waals surface area contributed by atoms with Gasteiger partial charge in [0.15, 0.2) is 0 Å². The molecule has 0 radical (unpaired) electrons. The van der Waals surface area contributed by atoms with Crippen LogP contribution in [0.5, 0.6) is 0 Å². The highest BCUT2D eigenvalue weighted by molar-refractivity contribution is 5.76. The van der Waals surface area contributed by atoms with Crippen LogP contribution >= 0.6 is 0 Å². The molecule has 3 N–H and O–H groups in total. The minimum atomic E-state index is -0.649. The molecule has 0 rings (SSSR count). The number of hydrogen-bond donors (Lipinski definition) is 3. The quantitative estimate of drug-likeness (QED) is 0.0619. The van der Waals surface area contributed by atoms with Crippen molar-refractivity contribution >= 4 is 5.91 Å². The Balaban J connectivity index is 3.30. The first-order valence-corrected chi connectivity index (χ1v) is 19.7. The van der Waals surface area contributed by atoms with Gasteiger partial charge in [-0.25, -0.2) is 0 Å². The van der Waals surface area contributed by atoms with Crippen LogP contribution in [0.4, 0.5) is 0 Å². The Morgan fingerprint density at radius 3 is 1.05 bits per heavy atom. The summed E-state index contributed by atoms with van der Waals surface area (Å²) in [6.45, 7) is 4.26.